The summed E-state index contributed by atoms with van der Waals surface area (Å²) in [6.07, 6.45) is 0. The zero-order chi connectivity index (χ0) is 42.0. The molecule has 0 unspecified atom stereocenters. The van der Waals surface area contributed by atoms with Crippen LogP contribution in [0.1, 0.15) is 0 Å². The Bertz CT molecular complexity index is 3220. The molecule has 1 heterocycles. The summed E-state index contributed by atoms with van der Waals surface area (Å²) in [6.45, 7) is 0. The van der Waals surface area contributed by atoms with Gasteiger partial charge in [0.2, 0.25) is 0 Å². The molecule has 0 atom stereocenters. The van der Waals surface area contributed by atoms with Crippen LogP contribution >= 0.6 is 0 Å². The molecule has 0 fully saturated rings. The molecule has 0 aliphatic carbocycles. The van der Waals surface area contributed by atoms with Crippen molar-refractivity contribution in [3.8, 4) is 44.5 Å². The molecule has 0 saturated heterocycles. The number of rotatable bonds is 10. The fraction of sp³-hybridized carbons (Fsp3) is 0. The summed E-state index contributed by atoms with van der Waals surface area (Å²) in [6, 6.07) is 90.7. The molecule has 0 aliphatic rings. The van der Waals surface area contributed by atoms with Crippen LogP contribution in [0.4, 0.5) is 34.1 Å². The lowest BCUT2D eigenvalue weighted by Crippen LogP contribution is -2.10. The molecule has 11 aromatic rings. The Hall–Kier alpha value is -8.40. The van der Waals surface area contributed by atoms with Crippen LogP contribution in [0.25, 0.3) is 66.4 Å². The van der Waals surface area contributed by atoms with E-state index >= 15 is 0 Å². The number of anilines is 6. The smallest absolute Gasteiger partial charge is 0.137 e. The van der Waals surface area contributed by atoms with Gasteiger partial charge < -0.3 is 14.2 Å². The van der Waals surface area contributed by atoms with Gasteiger partial charge in [-0.2, -0.15) is 0 Å². The lowest BCUT2D eigenvalue weighted by molar-refractivity contribution is 0.669. The van der Waals surface area contributed by atoms with Gasteiger partial charge in [-0.1, -0.05) is 170 Å². The maximum Gasteiger partial charge on any atom is 0.137 e. The number of benzene rings is 10. The van der Waals surface area contributed by atoms with Gasteiger partial charge in [0.25, 0.3) is 0 Å². The van der Waals surface area contributed by atoms with Crippen LogP contribution in [-0.2, 0) is 0 Å². The van der Waals surface area contributed by atoms with Crippen molar-refractivity contribution in [2.45, 2.75) is 0 Å². The predicted octanol–water partition coefficient (Wildman–Crippen LogP) is 17.2. The minimum Gasteiger partial charge on any atom is -0.456 e. The highest BCUT2D eigenvalue weighted by Crippen LogP contribution is 2.42. The van der Waals surface area contributed by atoms with Crippen molar-refractivity contribution in [1.29, 1.82) is 0 Å². The zero-order valence-electron chi connectivity index (χ0n) is 34.6. The average Bonchev–Trinajstić information content (AvgIpc) is 3.74. The summed E-state index contributed by atoms with van der Waals surface area (Å²) in [4.78, 5) is 4.67. The van der Waals surface area contributed by atoms with Gasteiger partial charge in [-0.3, -0.25) is 0 Å². The fourth-order valence-corrected chi connectivity index (χ4v) is 8.70. The molecule has 10 aromatic carbocycles. The van der Waals surface area contributed by atoms with Crippen LogP contribution in [0.5, 0.6) is 0 Å². The van der Waals surface area contributed by atoms with Crippen molar-refractivity contribution in [2.75, 3.05) is 9.80 Å². The second-order valence-corrected chi connectivity index (χ2v) is 15.8. The van der Waals surface area contributed by atoms with Crippen LogP contribution in [0, 0.1) is 0 Å². The highest BCUT2D eigenvalue weighted by Gasteiger charge is 2.18. The Morgan fingerprint density at radius 3 is 1.00 bits per heavy atom. The van der Waals surface area contributed by atoms with E-state index in [2.05, 4.69) is 252 Å². The average molecular weight is 807 g/mol. The number of furan rings is 1. The van der Waals surface area contributed by atoms with Gasteiger partial charge in [0, 0.05) is 51.0 Å². The fourth-order valence-electron chi connectivity index (χ4n) is 8.70. The van der Waals surface area contributed by atoms with E-state index in [9.17, 15) is 0 Å². The summed E-state index contributed by atoms with van der Waals surface area (Å²) in [5.41, 5.74) is 17.5. The molecule has 63 heavy (non-hydrogen) atoms. The van der Waals surface area contributed by atoms with Crippen LogP contribution in [-0.4, -0.2) is 0 Å². The van der Waals surface area contributed by atoms with Gasteiger partial charge in [0.1, 0.15) is 11.2 Å². The second kappa shape index (κ2) is 16.6. The summed E-state index contributed by atoms with van der Waals surface area (Å²) < 4.78 is 6.42. The molecule has 0 saturated carbocycles. The first-order chi connectivity index (χ1) is 31.2. The van der Waals surface area contributed by atoms with Gasteiger partial charge in [-0.05, 0) is 123 Å². The van der Waals surface area contributed by atoms with E-state index < -0.39 is 0 Å². The maximum absolute atomic E-state index is 6.42. The number of fused-ring (bicyclic) bond motifs is 3. The number of hydrogen-bond acceptors (Lipinski definition) is 3. The topological polar surface area (TPSA) is 19.6 Å². The van der Waals surface area contributed by atoms with Crippen molar-refractivity contribution < 1.29 is 4.42 Å². The largest absolute Gasteiger partial charge is 0.456 e. The Morgan fingerprint density at radius 1 is 0.206 bits per heavy atom. The van der Waals surface area contributed by atoms with Crippen molar-refractivity contribution in [3.05, 3.63) is 255 Å². The van der Waals surface area contributed by atoms with E-state index in [0.717, 1.165) is 67.2 Å². The normalized spacial score (nSPS) is 11.2. The van der Waals surface area contributed by atoms with Crippen molar-refractivity contribution >= 4 is 56.1 Å². The molecule has 3 heteroatoms. The van der Waals surface area contributed by atoms with E-state index in [4.69, 9.17) is 4.42 Å². The third kappa shape index (κ3) is 7.54. The molecule has 0 amide bonds. The highest BCUT2D eigenvalue weighted by molar-refractivity contribution is 6.06. The van der Waals surface area contributed by atoms with E-state index in [-0.39, 0.29) is 0 Å². The van der Waals surface area contributed by atoms with Gasteiger partial charge >= 0.3 is 0 Å². The van der Waals surface area contributed by atoms with E-state index in [1.807, 2.05) is 12.1 Å². The molecule has 1 aromatic heterocycles. The lowest BCUT2D eigenvalue weighted by Gasteiger charge is -2.27. The van der Waals surface area contributed by atoms with E-state index in [1.165, 1.54) is 33.4 Å². The summed E-state index contributed by atoms with van der Waals surface area (Å²) in [5.74, 6) is 0. The second-order valence-electron chi connectivity index (χ2n) is 15.8. The molecule has 0 bridgehead atoms. The van der Waals surface area contributed by atoms with Gasteiger partial charge in [0.05, 0.1) is 0 Å². The Labute approximate surface area is 368 Å². The Kier molecular flexibility index (Phi) is 9.89. The van der Waals surface area contributed by atoms with Crippen molar-refractivity contribution in [2.24, 2.45) is 0 Å². The SMILES string of the molecule is c1ccc(-c2ccc(N(c3ccc(-c4ccccc4)cc3)c3cccc(-c4cccc(N(c5ccc(-c6ccccc6)cc5)c5ccc6c(c5)oc5ccccc56)c4)c3)cc2)cc1. The summed E-state index contributed by atoms with van der Waals surface area (Å²) in [7, 11) is 0. The molecular formula is C60H42N2O. The minimum atomic E-state index is 0.858. The number of hydrogen-bond donors (Lipinski definition) is 0. The third-order valence-electron chi connectivity index (χ3n) is 11.9. The maximum atomic E-state index is 6.42. The van der Waals surface area contributed by atoms with Crippen LogP contribution in [0.3, 0.4) is 0 Å². The molecule has 3 nitrogen and oxygen atoms in total. The molecule has 0 radical (unpaired) electrons. The minimum absolute atomic E-state index is 0.858. The first kappa shape index (κ1) is 37.6. The predicted molar refractivity (Wildman–Crippen MR) is 265 cm³/mol. The third-order valence-corrected chi connectivity index (χ3v) is 11.9. The molecule has 0 N–H and O–H groups in total. The Balaban J connectivity index is 0.995. The molecule has 0 spiro atoms. The van der Waals surface area contributed by atoms with Gasteiger partial charge in [0.15, 0.2) is 0 Å². The molecule has 11 rings (SSSR count). The standard InChI is InChI=1S/C60H42N2O/c1-4-14-43(15-5-1)46-26-32-51(33-27-46)61(52-34-28-47(29-35-52)44-16-6-2-7-17-44)54-22-12-20-49(40-54)50-21-13-23-55(41-50)62(53-36-30-48(31-37-53)45-18-8-3-9-19-45)56-38-39-58-57-24-10-11-25-59(57)63-60(58)42-56/h1-42H. The van der Waals surface area contributed by atoms with Crippen LogP contribution in [0.2, 0.25) is 0 Å². The quantitative estimate of drug-likeness (QED) is 0.137. The summed E-state index contributed by atoms with van der Waals surface area (Å²) in [5, 5.41) is 2.22. The number of nitrogens with zero attached hydrogens (tertiary/aromatic N) is 2. The zero-order valence-corrected chi connectivity index (χ0v) is 34.6. The Morgan fingerprint density at radius 2 is 0.540 bits per heavy atom. The van der Waals surface area contributed by atoms with Crippen molar-refractivity contribution in [3.63, 3.8) is 0 Å². The first-order valence-electron chi connectivity index (χ1n) is 21.4. The number of para-hydroxylation sites is 1. The summed E-state index contributed by atoms with van der Waals surface area (Å²) >= 11 is 0. The lowest BCUT2D eigenvalue weighted by atomic mass is 10.0. The molecule has 298 valence electrons. The van der Waals surface area contributed by atoms with E-state index in [0.29, 0.717) is 0 Å². The van der Waals surface area contributed by atoms with Gasteiger partial charge in [-0.15, -0.1) is 0 Å². The van der Waals surface area contributed by atoms with Crippen LogP contribution < -0.4 is 9.80 Å². The van der Waals surface area contributed by atoms with Crippen molar-refractivity contribution in [1.82, 2.24) is 0 Å². The highest BCUT2D eigenvalue weighted by atomic mass is 16.3. The monoisotopic (exact) mass is 806 g/mol. The van der Waals surface area contributed by atoms with Gasteiger partial charge in [-0.25, -0.2) is 0 Å². The molecule has 0 aliphatic heterocycles. The molecular weight excluding hydrogens is 765 g/mol. The van der Waals surface area contributed by atoms with Crippen LogP contribution in [0.15, 0.2) is 259 Å². The van der Waals surface area contributed by atoms with E-state index in [1.54, 1.807) is 0 Å². The first-order valence-corrected chi connectivity index (χ1v) is 21.4.